The zero-order valence-corrected chi connectivity index (χ0v) is 21.5. The molecule has 0 spiro atoms. The minimum absolute atomic E-state index is 0.288. The van der Waals surface area contributed by atoms with Crippen molar-refractivity contribution in [3.8, 4) is 22.3 Å². The molecule has 1 atom stereocenters. The van der Waals surface area contributed by atoms with Gasteiger partial charge in [0.05, 0.1) is 41.6 Å². The van der Waals surface area contributed by atoms with Crippen molar-refractivity contribution in [2.24, 2.45) is 0 Å². The van der Waals surface area contributed by atoms with Crippen LogP contribution in [0.1, 0.15) is 0 Å². The van der Waals surface area contributed by atoms with Gasteiger partial charge >= 0.3 is 0 Å². The Morgan fingerprint density at radius 1 is 0.500 bits per heavy atom. The average molecular weight is 531 g/mol. The first-order valence-electron chi connectivity index (χ1n) is 12.3. The zero-order valence-electron chi connectivity index (χ0n) is 19.9. The number of rotatable bonds is 0. The maximum atomic E-state index is 14.7. The molecular formula is C31H18N2O3S2. The van der Waals surface area contributed by atoms with Gasteiger partial charge in [-0.2, -0.15) is 0 Å². The van der Waals surface area contributed by atoms with Crippen molar-refractivity contribution in [3.63, 3.8) is 0 Å². The molecule has 1 unspecified atom stereocenters. The summed E-state index contributed by atoms with van der Waals surface area (Å²) in [5, 5.41) is 3.49. The zero-order chi connectivity index (χ0) is 25.6. The van der Waals surface area contributed by atoms with E-state index in [-0.39, 0.29) is 4.90 Å². The monoisotopic (exact) mass is 530 g/mol. The van der Waals surface area contributed by atoms with Crippen molar-refractivity contribution in [1.82, 2.24) is 7.94 Å². The third kappa shape index (κ3) is 2.12. The highest BCUT2D eigenvalue weighted by Crippen LogP contribution is 2.50. The molecule has 38 heavy (non-hydrogen) atoms. The summed E-state index contributed by atoms with van der Waals surface area (Å²) in [6.07, 6.45) is 0. The fourth-order valence-electron chi connectivity index (χ4n) is 6.68. The molecule has 4 heterocycles. The number of fused-ring (bicyclic) bond motifs is 11. The topological polar surface area (TPSA) is 61.1 Å². The Bertz CT molecular complexity index is 2480. The van der Waals surface area contributed by atoms with E-state index in [9.17, 15) is 12.6 Å². The van der Waals surface area contributed by atoms with Crippen molar-refractivity contribution in [1.29, 1.82) is 0 Å². The second kappa shape index (κ2) is 6.38. The quantitative estimate of drug-likeness (QED) is 0.207. The fourth-order valence-corrected chi connectivity index (χ4v) is 10.4. The first-order valence-corrected chi connectivity index (χ1v) is 15.4. The first-order chi connectivity index (χ1) is 18.4. The van der Waals surface area contributed by atoms with E-state index in [1.807, 2.05) is 82.8 Å². The van der Waals surface area contributed by atoms with Crippen LogP contribution in [-0.4, -0.2) is 26.4 Å². The van der Waals surface area contributed by atoms with Crippen LogP contribution in [0.25, 0.3) is 65.9 Å². The van der Waals surface area contributed by atoms with Crippen molar-refractivity contribution in [3.05, 3.63) is 97.1 Å². The third-order valence-electron chi connectivity index (χ3n) is 8.13. The van der Waals surface area contributed by atoms with Gasteiger partial charge in [0.15, 0.2) is 0 Å². The molecule has 0 amide bonds. The van der Waals surface area contributed by atoms with E-state index in [0.29, 0.717) is 21.5 Å². The lowest BCUT2D eigenvalue weighted by molar-refractivity contribution is 0.590. The van der Waals surface area contributed by atoms with Crippen molar-refractivity contribution >= 4 is 69.2 Å². The van der Waals surface area contributed by atoms with Gasteiger partial charge in [-0.25, -0.2) is 16.6 Å². The summed E-state index contributed by atoms with van der Waals surface area (Å²) in [6.45, 7) is 0. The van der Waals surface area contributed by atoms with E-state index in [2.05, 4.69) is 11.9 Å². The maximum absolute atomic E-state index is 14.7. The van der Waals surface area contributed by atoms with Crippen LogP contribution < -0.4 is 0 Å². The Kier molecular flexibility index (Phi) is 3.47. The molecule has 9 rings (SSSR count). The number of aromatic nitrogens is 2. The molecule has 0 saturated carbocycles. The van der Waals surface area contributed by atoms with Gasteiger partial charge in [0.1, 0.15) is 0 Å². The second-order valence-electron chi connectivity index (χ2n) is 9.96. The molecule has 7 aromatic rings. The Morgan fingerprint density at radius 2 is 1.05 bits per heavy atom. The second-order valence-corrected chi connectivity index (χ2v) is 13.8. The molecule has 0 bridgehead atoms. The highest BCUT2D eigenvalue weighted by atomic mass is 32.2. The van der Waals surface area contributed by atoms with E-state index in [0.717, 1.165) is 49.3 Å². The van der Waals surface area contributed by atoms with Crippen LogP contribution in [0.2, 0.25) is 0 Å². The van der Waals surface area contributed by atoms with Crippen LogP contribution >= 0.6 is 0 Å². The third-order valence-corrected chi connectivity index (χ3v) is 11.9. The van der Waals surface area contributed by atoms with Crippen LogP contribution in [0, 0.1) is 0 Å². The molecule has 5 aromatic carbocycles. The minimum atomic E-state index is -3.86. The molecule has 5 nitrogen and oxygen atoms in total. The number of hydrogen-bond donors (Lipinski definition) is 0. The molecule has 0 aliphatic carbocycles. The molecule has 0 N–H and O–H groups in total. The van der Waals surface area contributed by atoms with Crippen molar-refractivity contribution < 1.29 is 12.6 Å². The van der Waals surface area contributed by atoms with E-state index in [1.165, 1.54) is 3.97 Å². The van der Waals surface area contributed by atoms with Crippen molar-refractivity contribution in [2.45, 2.75) is 9.79 Å². The summed E-state index contributed by atoms with van der Waals surface area (Å²) in [5.41, 5.74) is 6.33. The van der Waals surface area contributed by atoms with Gasteiger partial charge in [-0.15, -0.1) is 0 Å². The SMILES string of the molecule is C=S1(=O)c2ccccc2-c2cccc3c4ccc5c(c6cccc7c6n5S(=O)(=O)c5ccccc5-7)c4n1c23. The predicted molar refractivity (Wildman–Crippen MR) is 155 cm³/mol. The summed E-state index contributed by atoms with van der Waals surface area (Å²) < 4.78 is 46.2. The van der Waals surface area contributed by atoms with Gasteiger partial charge in [0.2, 0.25) is 0 Å². The summed E-state index contributed by atoms with van der Waals surface area (Å²) >= 11 is 0. The first kappa shape index (κ1) is 20.7. The van der Waals surface area contributed by atoms with Crippen LogP contribution in [0.5, 0.6) is 0 Å². The molecule has 2 aromatic heterocycles. The lowest BCUT2D eigenvalue weighted by Gasteiger charge is -2.24. The maximum Gasteiger partial charge on any atom is 0.269 e. The van der Waals surface area contributed by atoms with Gasteiger partial charge < -0.3 is 0 Å². The summed E-state index contributed by atoms with van der Waals surface area (Å²) in [5.74, 6) is 4.29. The summed E-state index contributed by atoms with van der Waals surface area (Å²) in [4.78, 5) is 0.972. The summed E-state index contributed by atoms with van der Waals surface area (Å²) in [6, 6.07) is 30.8. The van der Waals surface area contributed by atoms with Gasteiger partial charge in [-0.3, -0.25) is 3.97 Å². The Hall–Kier alpha value is -4.33. The molecule has 0 fully saturated rings. The molecule has 0 radical (unpaired) electrons. The van der Waals surface area contributed by atoms with E-state index in [4.69, 9.17) is 0 Å². The lowest BCUT2D eigenvalue weighted by atomic mass is 10.0. The minimum Gasteiger partial charge on any atom is -0.261 e. The number of nitrogens with zero attached hydrogens (tertiary/aromatic N) is 2. The molecule has 0 saturated heterocycles. The normalized spacial score (nSPS) is 18.7. The molecule has 2 aliphatic heterocycles. The van der Waals surface area contributed by atoms with Crippen molar-refractivity contribution in [2.75, 3.05) is 0 Å². The lowest BCUT2D eigenvalue weighted by Crippen LogP contribution is -2.18. The van der Waals surface area contributed by atoms with Gasteiger partial charge in [-0.1, -0.05) is 78.9 Å². The number of benzene rings is 5. The molecule has 182 valence electrons. The summed E-state index contributed by atoms with van der Waals surface area (Å²) in [7, 11) is -6.83. The van der Waals surface area contributed by atoms with Crippen LogP contribution in [0.4, 0.5) is 0 Å². The fraction of sp³-hybridized carbons (Fsp3) is 0. The Morgan fingerprint density at radius 3 is 1.79 bits per heavy atom. The Labute approximate surface area is 218 Å². The number of para-hydroxylation sites is 2. The highest BCUT2D eigenvalue weighted by Gasteiger charge is 2.35. The predicted octanol–water partition coefficient (Wildman–Crippen LogP) is 6.64. The standard InChI is InChI=1S/C31H18N2O3S2/c1-37(34)26-14-4-2-8-18(26)20-10-6-12-22-23-16-17-25-28(31(23)33(37)29(20)22)24-13-7-11-21-19-9-3-5-15-27(19)38(35,36)32(25)30(21)24/h2-17H,1H2. The highest BCUT2D eigenvalue weighted by molar-refractivity contribution is 7.99. The van der Waals surface area contributed by atoms with Gasteiger partial charge in [0, 0.05) is 43.8 Å². The van der Waals surface area contributed by atoms with Crippen LogP contribution in [0.3, 0.4) is 0 Å². The molecule has 2 aliphatic rings. The molecule has 7 heteroatoms. The van der Waals surface area contributed by atoms with Gasteiger partial charge in [0.25, 0.3) is 10.0 Å². The number of hydrogen-bond acceptors (Lipinski definition) is 3. The average Bonchev–Trinajstić information content (AvgIpc) is 3.46. The van der Waals surface area contributed by atoms with Crippen LogP contribution in [0.15, 0.2) is 107 Å². The van der Waals surface area contributed by atoms with E-state index in [1.54, 1.807) is 12.1 Å². The Balaban J connectivity index is 1.61. The van der Waals surface area contributed by atoms with E-state index < -0.39 is 19.7 Å². The largest absolute Gasteiger partial charge is 0.269 e. The van der Waals surface area contributed by atoms with E-state index >= 15 is 0 Å². The smallest absolute Gasteiger partial charge is 0.261 e. The van der Waals surface area contributed by atoms with Crippen LogP contribution in [-0.2, 0) is 19.7 Å². The van der Waals surface area contributed by atoms with Gasteiger partial charge in [-0.05, 0) is 24.1 Å². The molecular weight excluding hydrogens is 512 g/mol.